The minimum Gasteiger partial charge on any atom is -0.354 e. The van der Waals surface area contributed by atoms with E-state index in [4.69, 9.17) is 0 Å². The van der Waals surface area contributed by atoms with E-state index in [1.165, 1.54) is 18.4 Å². The molecule has 2 rings (SSSR count). The smallest absolute Gasteiger partial charge is 0.242 e. The Morgan fingerprint density at radius 3 is 2.62 bits per heavy atom. The molecule has 0 saturated heterocycles. The van der Waals surface area contributed by atoms with Crippen LogP contribution in [0, 0.1) is 0 Å². The van der Waals surface area contributed by atoms with Crippen molar-refractivity contribution in [2.75, 3.05) is 6.54 Å². The van der Waals surface area contributed by atoms with E-state index < -0.39 is 6.04 Å². The normalized spacial score (nSPS) is 15.1. The summed E-state index contributed by atoms with van der Waals surface area (Å²) in [7, 11) is 0. The first kappa shape index (κ1) is 20.2. The number of nitrogens with zero attached hydrogens (tertiary/aromatic N) is 1. The van der Waals surface area contributed by atoms with Crippen LogP contribution in [-0.2, 0) is 16.1 Å². The van der Waals surface area contributed by atoms with E-state index in [2.05, 4.69) is 11.4 Å². The Labute approximate surface area is 157 Å². The van der Waals surface area contributed by atoms with E-state index in [0.29, 0.717) is 19.5 Å². The van der Waals surface area contributed by atoms with E-state index in [1.807, 2.05) is 44.2 Å². The summed E-state index contributed by atoms with van der Waals surface area (Å²) < 4.78 is 0. The fourth-order valence-corrected chi connectivity index (χ4v) is 3.35. The van der Waals surface area contributed by atoms with Crippen LogP contribution in [0.15, 0.2) is 42.0 Å². The van der Waals surface area contributed by atoms with Gasteiger partial charge in [-0.3, -0.25) is 9.59 Å². The molecule has 1 N–H and O–H groups in total. The first-order chi connectivity index (χ1) is 12.6. The second kappa shape index (κ2) is 10.8. The zero-order valence-electron chi connectivity index (χ0n) is 16.2. The highest BCUT2D eigenvalue weighted by atomic mass is 16.2. The summed E-state index contributed by atoms with van der Waals surface area (Å²) >= 11 is 0. The number of amides is 2. The lowest BCUT2D eigenvalue weighted by molar-refractivity contribution is -0.140. The monoisotopic (exact) mass is 356 g/mol. The van der Waals surface area contributed by atoms with Crippen LogP contribution in [0.4, 0.5) is 0 Å². The van der Waals surface area contributed by atoms with Crippen molar-refractivity contribution in [3.05, 3.63) is 47.5 Å². The fourth-order valence-electron chi connectivity index (χ4n) is 3.35. The van der Waals surface area contributed by atoms with Gasteiger partial charge < -0.3 is 10.2 Å². The van der Waals surface area contributed by atoms with Gasteiger partial charge in [0, 0.05) is 19.5 Å². The van der Waals surface area contributed by atoms with E-state index in [0.717, 1.165) is 31.2 Å². The van der Waals surface area contributed by atoms with Crippen LogP contribution in [0.1, 0.15) is 64.4 Å². The van der Waals surface area contributed by atoms with Crippen LogP contribution in [-0.4, -0.2) is 29.3 Å². The molecule has 142 valence electrons. The molecule has 0 fully saturated rings. The molecular weight excluding hydrogens is 324 g/mol. The number of carbonyl (C=O) groups excluding carboxylic acids is 2. The highest BCUT2D eigenvalue weighted by molar-refractivity contribution is 5.87. The lowest BCUT2D eigenvalue weighted by Crippen LogP contribution is -2.47. The van der Waals surface area contributed by atoms with Gasteiger partial charge >= 0.3 is 0 Å². The minimum atomic E-state index is -0.463. The summed E-state index contributed by atoms with van der Waals surface area (Å²) in [5.74, 6) is -0.0317. The molecule has 1 aromatic rings. The van der Waals surface area contributed by atoms with Crippen molar-refractivity contribution in [3.63, 3.8) is 0 Å². The Morgan fingerprint density at radius 2 is 1.96 bits per heavy atom. The fraction of sp³-hybridized carbons (Fsp3) is 0.545. The molecule has 4 heteroatoms. The lowest BCUT2D eigenvalue weighted by Gasteiger charge is -2.29. The van der Waals surface area contributed by atoms with Crippen molar-refractivity contribution in [2.24, 2.45) is 0 Å². The van der Waals surface area contributed by atoms with Gasteiger partial charge in [0.15, 0.2) is 0 Å². The van der Waals surface area contributed by atoms with E-state index in [-0.39, 0.29) is 11.8 Å². The maximum Gasteiger partial charge on any atom is 0.242 e. The molecule has 1 aromatic carbocycles. The van der Waals surface area contributed by atoms with Gasteiger partial charge in [-0.1, -0.05) is 48.9 Å². The third kappa shape index (κ3) is 6.32. The number of benzene rings is 1. The molecular formula is C22H32N2O2. The van der Waals surface area contributed by atoms with Gasteiger partial charge in [-0.05, 0) is 51.0 Å². The first-order valence-electron chi connectivity index (χ1n) is 9.90. The van der Waals surface area contributed by atoms with Crippen LogP contribution in [0.5, 0.6) is 0 Å². The lowest BCUT2D eigenvalue weighted by atomic mass is 9.97. The summed E-state index contributed by atoms with van der Waals surface area (Å²) in [5.41, 5.74) is 2.50. The topological polar surface area (TPSA) is 49.4 Å². The third-order valence-corrected chi connectivity index (χ3v) is 4.96. The van der Waals surface area contributed by atoms with Crippen LogP contribution in [0.3, 0.4) is 0 Å². The summed E-state index contributed by atoms with van der Waals surface area (Å²) in [6.45, 7) is 4.93. The number of carbonyl (C=O) groups is 2. The molecule has 0 radical (unpaired) electrons. The molecule has 0 aliphatic heterocycles. The Bertz CT molecular complexity index is 610. The second-order valence-electron chi connectivity index (χ2n) is 7.08. The number of rotatable bonds is 9. The van der Waals surface area contributed by atoms with Crippen molar-refractivity contribution in [1.29, 1.82) is 0 Å². The Balaban J connectivity index is 1.92. The van der Waals surface area contributed by atoms with E-state index in [1.54, 1.807) is 4.90 Å². The Hall–Kier alpha value is -2.10. The predicted octanol–water partition coefficient (Wildman–Crippen LogP) is 4.21. The zero-order chi connectivity index (χ0) is 18.8. The van der Waals surface area contributed by atoms with Crippen molar-refractivity contribution in [2.45, 2.75) is 71.4 Å². The van der Waals surface area contributed by atoms with Crippen molar-refractivity contribution in [3.8, 4) is 0 Å². The minimum absolute atomic E-state index is 0.0361. The number of hydrogen-bond donors (Lipinski definition) is 1. The summed E-state index contributed by atoms with van der Waals surface area (Å²) in [6.07, 6.45) is 9.33. The molecule has 0 saturated carbocycles. The van der Waals surface area contributed by atoms with Crippen molar-refractivity contribution >= 4 is 11.8 Å². The molecule has 1 atom stereocenters. The van der Waals surface area contributed by atoms with Gasteiger partial charge in [-0.15, -0.1) is 0 Å². The maximum atomic E-state index is 12.6. The number of nitrogens with one attached hydrogen (secondary N) is 1. The highest BCUT2D eigenvalue weighted by Crippen LogP contribution is 2.19. The average Bonchev–Trinajstić information content (AvgIpc) is 2.67. The van der Waals surface area contributed by atoms with Crippen LogP contribution in [0.25, 0.3) is 0 Å². The molecule has 2 amide bonds. The van der Waals surface area contributed by atoms with Gasteiger partial charge in [-0.2, -0.15) is 0 Å². The van der Waals surface area contributed by atoms with Gasteiger partial charge in [0.05, 0.1) is 0 Å². The summed E-state index contributed by atoms with van der Waals surface area (Å²) in [5, 5.41) is 3.02. The molecule has 1 unspecified atom stereocenters. The van der Waals surface area contributed by atoms with Crippen LogP contribution in [0.2, 0.25) is 0 Å². The molecule has 0 spiro atoms. The molecule has 0 aromatic heterocycles. The molecule has 1 aliphatic carbocycles. The van der Waals surface area contributed by atoms with Crippen molar-refractivity contribution < 1.29 is 9.59 Å². The second-order valence-corrected chi connectivity index (χ2v) is 7.08. The van der Waals surface area contributed by atoms with Crippen LogP contribution < -0.4 is 5.32 Å². The van der Waals surface area contributed by atoms with Crippen LogP contribution >= 0.6 is 0 Å². The largest absolute Gasteiger partial charge is 0.354 e. The number of hydrogen-bond acceptors (Lipinski definition) is 2. The standard InChI is InChI=1S/C22H32N2O2/c1-3-10-21(25)24(17-20-13-8-5-9-14-20)18(2)22(26)23-16-15-19-11-6-4-7-12-19/h5,8-9,11,13-14,18H,3-4,6-7,10,12,15-17H2,1-2H3,(H,23,26). The molecule has 1 aliphatic rings. The van der Waals surface area contributed by atoms with Gasteiger partial charge in [-0.25, -0.2) is 0 Å². The van der Waals surface area contributed by atoms with Crippen molar-refractivity contribution in [1.82, 2.24) is 10.2 Å². The number of allylic oxidation sites excluding steroid dienone is 1. The van der Waals surface area contributed by atoms with Gasteiger partial charge in [0.2, 0.25) is 11.8 Å². The molecule has 4 nitrogen and oxygen atoms in total. The Kier molecular flexibility index (Phi) is 8.39. The van der Waals surface area contributed by atoms with Gasteiger partial charge in [0.1, 0.15) is 6.04 Å². The quantitative estimate of drug-likeness (QED) is 0.674. The predicted molar refractivity (Wildman–Crippen MR) is 106 cm³/mol. The molecule has 26 heavy (non-hydrogen) atoms. The highest BCUT2D eigenvalue weighted by Gasteiger charge is 2.25. The van der Waals surface area contributed by atoms with E-state index in [9.17, 15) is 9.59 Å². The maximum absolute atomic E-state index is 12.6. The Morgan fingerprint density at radius 1 is 1.19 bits per heavy atom. The van der Waals surface area contributed by atoms with Gasteiger partial charge in [0.25, 0.3) is 0 Å². The SMILES string of the molecule is CCCC(=O)N(Cc1ccccc1)C(C)C(=O)NCCC1=CCCCC1. The third-order valence-electron chi connectivity index (χ3n) is 4.96. The average molecular weight is 357 g/mol. The molecule has 0 heterocycles. The first-order valence-corrected chi connectivity index (χ1v) is 9.90. The van der Waals surface area contributed by atoms with E-state index >= 15 is 0 Å². The molecule has 0 bridgehead atoms. The summed E-state index contributed by atoms with van der Waals surface area (Å²) in [4.78, 5) is 26.9. The summed E-state index contributed by atoms with van der Waals surface area (Å²) in [6, 6.07) is 9.40. The zero-order valence-corrected chi connectivity index (χ0v) is 16.2.